The van der Waals surface area contributed by atoms with Crippen LogP contribution < -0.4 is 0 Å². The number of aromatic nitrogens is 1. The smallest absolute Gasteiger partial charge is 0.328 e. The minimum absolute atomic E-state index is 0.123. The largest absolute Gasteiger partial charge is 0.467 e. The fourth-order valence-corrected chi connectivity index (χ4v) is 3.12. The Bertz CT molecular complexity index is 733. The second kappa shape index (κ2) is 5.48. The van der Waals surface area contributed by atoms with Gasteiger partial charge in [-0.3, -0.25) is 4.79 Å². The molecule has 5 nitrogen and oxygen atoms in total. The Morgan fingerprint density at radius 1 is 1.36 bits per heavy atom. The minimum atomic E-state index is -0.530. The van der Waals surface area contributed by atoms with E-state index in [1.165, 1.54) is 7.11 Å². The molecule has 1 aliphatic heterocycles. The maximum Gasteiger partial charge on any atom is 0.328 e. The maximum absolute atomic E-state index is 12.7. The van der Waals surface area contributed by atoms with E-state index in [1.54, 1.807) is 4.90 Å². The number of aromatic amines is 1. The third-order valence-electron chi connectivity index (χ3n) is 4.16. The number of benzene rings is 1. The fourth-order valence-electron chi connectivity index (χ4n) is 3.12. The van der Waals surface area contributed by atoms with Crippen LogP contribution in [0.25, 0.3) is 10.9 Å². The van der Waals surface area contributed by atoms with Crippen molar-refractivity contribution in [1.29, 1.82) is 0 Å². The topological polar surface area (TPSA) is 62.4 Å². The number of H-pyrrole nitrogens is 1. The van der Waals surface area contributed by atoms with Crippen molar-refractivity contribution in [1.82, 2.24) is 9.88 Å². The molecular weight excluding hydrogens is 280 g/mol. The van der Waals surface area contributed by atoms with Crippen molar-refractivity contribution in [2.45, 2.75) is 32.9 Å². The van der Waals surface area contributed by atoms with Crippen molar-refractivity contribution in [2.75, 3.05) is 7.11 Å². The number of ether oxygens (including phenoxy) is 1. The average molecular weight is 300 g/mol. The van der Waals surface area contributed by atoms with Crippen molar-refractivity contribution in [3.63, 3.8) is 0 Å². The lowest BCUT2D eigenvalue weighted by Crippen LogP contribution is -2.43. The van der Waals surface area contributed by atoms with Crippen molar-refractivity contribution in [2.24, 2.45) is 5.92 Å². The van der Waals surface area contributed by atoms with Crippen molar-refractivity contribution in [3.05, 3.63) is 35.5 Å². The number of carbonyl (C=O) groups is 2. The number of hydrogen-bond acceptors (Lipinski definition) is 3. The molecule has 0 fully saturated rings. The highest BCUT2D eigenvalue weighted by molar-refractivity contribution is 6.05. The molecule has 0 saturated heterocycles. The molecule has 5 heteroatoms. The second-order valence-corrected chi connectivity index (χ2v) is 6.13. The second-order valence-electron chi connectivity index (χ2n) is 6.13. The molecule has 3 rings (SSSR count). The van der Waals surface area contributed by atoms with Gasteiger partial charge in [-0.2, -0.15) is 0 Å². The summed E-state index contributed by atoms with van der Waals surface area (Å²) in [4.78, 5) is 29.6. The van der Waals surface area contributed by atoms with Crippen LogP contribution in [0.15, 0.2) is 24.3 Å². The molecule has 0 unspecified atom stereocenters. The molecule has 1 aromatic heterocycles. The van der Waals surface area contributed by atoms with Gasteiger partial charge in [0.25, 0.3) is 5.91 Å². The lowest BCUT2D eigenvalue weighted by molar-refractivity contribution is -0.146. The summed E-state index contributed by atoms with van der Waals surface area (Å²) >= 11 is 0. The van der Waals surface area contributed by atoms with E-state index in [-0.39, 0.29) is 11.9 Å². The Balaban J connectivity index is 1.96. The van der Waals surface area contributed by atoms with Crippen molar-refractivity contribution >= 4 is 22.8 Å². The van der Waals surface area contributed by atoms with Gasteiger partial charge in [-0.05, 0) is 18.4 Å². The van der Waals surface area contributed by atoms with E-state index in [0.717, 1.165) is 16.5 Å². The summed E-state index contributed by atoms with van der Waals surface area (Å²) in [6.07, 6.45) is 0.598. The van der Waals surface area contributed by atoms with Gasteiger partial charge in [0.05, 0.1) is 7.11 Å². The number of methoxy groups -OCH3 is 1. The lowest BCUT2D eigenvalue weighted by atomic mass is 10.0. The van der Waals surface area contributed by atoms with Gasteiger partial charge in [-0.25, -0.2) is 4.79 Å². The molecule has 0 bridgehead atoms. The molecule has 1 aromatic carbocycles. The van der Waals surface area contributed by atoms with Gasteiger partial charge in [0, 0.05) is 23.0 Å². The molecule has 0 radical (unpaired) electrons. The molecule has 1 amide bonds. The summed E-state index contributed by atoms with van der Waals surface area (Å²) in [5.41, 5.74) is 2.52. The number of hydrogen-bond donors (Lipinski definition) is 1. The normalized spacial score (nSPS) is 15.5. The number of carbonyl (C=O) groups excluding carboxylic acids is 2. The molecule has 1 N–H and O–H groups in total. The Hall–Kier alpha value is -2.30. The van der Waals surface area contributed by atoms with Crippen LogP contribution in [-0.2, 0) is 16.1 Å². The third kappa shape index (κ3) is 2.26. The molecule has 1 atom stereocenters. The van der Waals surface area contributed by atoms with Crippen molar-refractivity contribution in [3.8, 4) is 0 Å². The Labute approximate surface area is 129 Å². The van der Waals surface area contributed by atoms with Crippen LogP contribution in [0.3, 0.4) is 0 Å². The van der Waals surface area contributed by atoms with Crippen molar-refractivity contribution < 1.29 is 14.3 Å². The van der Waals surface area contributed by atoms with Crippen LogP contribution in [0, 0.1) is 5.92 Å². The van der Waals surface area contributed by atoms with E-state index >= 15 is 0 Å². The summed E-state index contributed by atoms with van der Waals surface area (Å²) in [5.74, 6) is -0.175. The number of esters is 1. The summed E-state index contributed by atoms with van der Waals surface area (Å²) in [7, 11) is 1.37. The van der Waals surface area contributed by atoms with Crippen LogP contribution in [0.1, 0.15) is 36.3 Å². The molecular formula is C17H20N2O3. The molecule has 1 aliphatic rings. The van der Waals surface area contributed by atoms with Gasteiger partial charge in [-0.15, -0.1) is 0 Å². The SMILES string of the molecule is COC(=O)[C@H](CC(C)C)N1Cc2c([nH]c3ccccc23)C1=O. The van der Waals surface area contributed by atoms with Crippen LogP contribution >= 0.6 is 0 Å². The zero-order valence-electron chi connectivity index (χ0n) is 13.1. The number of amides is 1. The van der Waals surface area contributed by atoms with Gasteiger partial charge >= 0.3 is 5.97 Å². The van der Waals surface area contributed by atoms with Crippen LogP contribution in [0.5, 0.6) is 0 Å². The molecule has 0 aliphatic carbocycles. The first-order chi connectivity index (χ1) is 10.5. The van der Waals surface area contributed by atoms with Gasteiger partial charge in [0.2, 0.25) is 0 Å². The van der Waals surface area contributed by atoms with Gasteiger partial charge < -0.3 is 14.6 Å². The van der Waals surface area contributed by atoms with Crippen LogP contribution in [0.4, 0.5) is 0 Å². The Morgan fingerprint density at radius 3 is 2.77 bits per heavy atom. The first-order valence-electron chi connectivity index (χ1n) is 7.51. The van der Waals surface area contributed by atoms with E-state index in [2.05, 4.69) is 4.98 Å². The number of para-hydroxylation sites is 1. The summed E-state index contributed by atoms with van der Waals surface area (Å²) in [5, 5.41) is 1.04. The quantitative estimate of drug-likeness (QED) is 0.883. The highest BCUT2D eigenvalue weighted by Crippen LogP contribution is 2.32. The van der Waals surface area contributed by atoms with E-state index in [0.29, 0.717) is 24.6 Å². The average Bonchev–Trinajstić information content (AvgIpc) is 3.01. The standard InChI is InChI=1S/C17H20N2O3/c1-10(2)8-14(17(21)22-3)19-9-12-11-6-4-5-7-13(11)18-15(12)16(19)20/h4-7,10,14,18H,8-9H2,1-3H3/t14-/m0/s1. The molecule has 0 saturated carbocycles. The first kappa shape index (κ1) is 14.6. The number of fused-ring (bicyclic) bond motifs is 3. The van der Waals surface area contributed by atoms with Crippen LogP contribution in [0.2, 0.25) is 0 Å². The summed E-state index contributed by atoms with van der Waals surface area (Å²) < 4.78 is 4.89. The maximum atomic E-state index is 12.7. The lowest BCUT2D eigenvalue weighted by Gasteiger charge is -2.27. The third-order valence-corrected chi connectivity index (χ3v) is 4.16. The highest BCUT2D eigenvalue weighted by Gasteiger charge is 2.39. The molecule has 116 valence electrons. The number of nitrogens with zero attached hydrogens (tertiary/aromatic N) is 1. The molecule has 22 heavy (non-hydrogen) atoms. The number of nitrogens with one attached hydrogen (secondary N) is 1. The molecule has 0 spiro atoms. The minimum Gasteiger partial charge on any atom is -0.467 e. The zero-order chi connectivity index (χ0) is 15.9. The summed E-state index contributed by atoms with van der Waals surface area (Å²) in [6.45, 7) is 4.51. The predicted octanol–water partition coefficient (Wildman–Crippen LogP) is 2.71. The van der Waals surface area contributed by atoms with E-state index < -0.39 is 6.04 Å². The van der Waals surface area contributed by atoms with E-state index in [9.17, 15) is 9.59 Å². The van der Waals surface area contributed by atoms with Gasteiger partial charge in [-0.1, -0.05) is 32.0 Å². The number of rotatable bonds is 4. The zero-order valence-corrected chi connectivity index (χ0v) is 13.1. The monoisotopic (exact) mass is 300 g/mol. The molecule has 2 heterocycles. The summed E-state index contributed by atoms with van der Waals surface area (Å²) in [6, 6.07) is 7.31. The Morgan fingerprint density at radius 2 is 2.09 bits per heavy atom. The predicted molar refractivity (Wildman–Crippen MR) is 83.4 cm³/mol. The molecule has 2 aromatic rings. The van der Waals surface area contributed by atoms with E-state index in [4.69, 9.17) is 4.74 Å². The van der Waals surface area contributed by atoms with E-state index in [1.807, 2.05) is 38.1 Å². The van der Waals surface area contributed by atoms with Gasteiger partial charge in [0.1, 0.15) is 11.7 Å². The van der Waals surface area contributed by atoms with Crippen LogP contribution in [-0.4, -0.2) is 34.9 Å². The fraction of sp³-hybridized carbons (Fsp3) is 0.412. The first-order valence-corrected chi connectivity index (χ1v) is 7.51. The Kier molecular flexibility index (Phi) is 3.64. The highest BCUT2D eigenvalue weighted by atomic mass is 16.5. The van der Waals surface area contributed by atoms with Gasteiger partial charge in [0.15, 0.2) is 0 Å².